The zero-order chi connectivity index (χ0) is 15.0. The molecule has 0 saturated carbocycles. The highest BCUT2D eigenvalue weighted by Crippen LogP contribution is 2.35. The van der Waals surface area contributed by atoms with Crippen molar-refractivity contribution in [1.82, 2.24) is 10.2 Å². The summed E-state index contributed by atoms with van der Waals surface area (Å²) in [4.78, 5) is 25.9. The first-order valence-electron chi connectivity index (χ1n) is 6.45. The number of thioether (sulfide) groups is 1. The maximum atomic E-state index is 12.5. The molecule has 5 nitrogen and oxygen atoms in total. The Balaban J connectivity index is 1.80. The lowest BCUT2D eigenvalue weighted by Crippen LogP contribution is -2.31. The van der Waals surface area contributed by atoms with E-state index in [2.05, 4.69) is 10.2 Å². The standard InChI is InChI=1S/C14H13N3O2S2/c1-8-3-5-10(6-4-8)17-12(18)7-11(13(17)19)21-14-16-15-9(2)20-14/h3-6,11H,7H2,1-2H3/t11-/m0/s1. The highest BCUT2D eigenvalue weighted by molar-refractivity contribution is 8.02. The highest BCUT2D eigenvalue weighted by atomic mass is 32.2. The number of aryl methyl sites for hydroxylation is 2. The summed E-state index contributed by atoms with van der Waals surface area (Å²) in [5.41, 5.74) is 1.72. The van der Waals surface area contributed by atoms with Gasteiger partial charge in [0.2, 0.25) is 11.8 Å². The number of carbonyl (C=O) groups is 2. The number of hydrogen-bond donors (Lipinski definition) is 0. The number of carbonyl (C=O) groups excluding carboxylic acids is 2. The summed E-state index contributed by atoms with van der Waals surface area (Å²) in [6.45, 7) is 3.83. The molecule has 1 aliphatic heterocycles. The van der Waals surface area contributed by atoms with Gasteiger partial charge in [-0.2, -0.15) is 0 Å². The lowest BCUT2D eigenvalue weighted by atomic mass is 10.2. The fourth-order valence-electron chi connectivity index (χ4n) is 2.11. The van der Waals surface area contributed by atoms with Gasteiger partial charge in [0, 0.05) is 6.42 Å². The van der Waals surface area contributed by atoms with Crippen molar-refractivity contribution in [2.24, 2.45) is 0 Å². The molecular weight excluding hydrogens is 306 g/mol. The van der Waals surface area contributed by atoms with Crippen LogP contribution in [0.4, 0.5) is 5.69 Å². The van der Waals surface area contributed by atoms with Crippen LogP contribution in [0.5, 0.6) is 0 Å². The molecule has 7 heteroatoms. The smallest absolute Gasteiger partial charge is 0.247 e. The molecule has 0 unspecified atom stereocenters. The van der Waals surface area contributed by atoms with E-state index in [0.29, 0.717) is 5.69 Å². The molecule has 108 valence electrons. The van der Waals surface area contributed by atoms with E-state index >= 15 is 0 Å². The number of benzene rings is 1. The van der Waals surface area contributed by atoms with Crippen LogP contribution in [-0.2, 0) is 9.59 Å². The number of anilines is 1. The van der Waals surface area contributed by atoms with Gasteiger partial charge in [-0.3, -0.25) is 9.59 Å². The van der Waals surface area contributed by atoms with Gasteiger partial charge in [-0.1, -0.05) is 40.8 Å². The zero-order valence-electron chi connectivity index (χ0n) is 11.6. The van der Waals surface area contributed by atoms with Crippen LogP contribution in [0.3, 0.4) is 0 Å². The van der Waals surface area contributed by atoms with Crippen molar-refractivity contribution < 1.29 is 9.59 Å². The third kappa shape index (κ3) is 2.84. The fraction of sp³-hybridized carbons (Fsp3) is 0.286. The molecule has 2 heterocycles. The molecular formula is C14H13N3O2S2. The summed E-state index contributed by atoms with van der Waals surface area (Å²) in [5.74, 6) is -0.343. The van der Waals surface area contributed by atoms with Crippen LogP contribution in [0.2, 0.25) is 0 Å². The van der Waals surface area contributed by atoms with E-state index in [9.17, 15) is 9.59 Å². The second-order valence-electron chi connectivity index (χ2n) is 4.80. The molecule has 21 heavy (non-hydrogen) atoms. The molecule has 1 fully saturated rings. The molecule has 2 amide bonds. The van der Waals surface area contributed by atoms with Crippen molar-refractivity contribution in [3.8, 4) is 0 Å². The van der Waals surface area contributed by atoms with Crippen molar-refractivity contribution >= 4 is 40.6 Å². The normalized spacial score (nSPS) is 18.6. The third-order valence-electron chi connectivity index (χ3n) is 3.15. The van der Waals surface area contributed by atoms with Crippen LogP contribution >= 0.6 is 23.1 Å². The Hall–Kier alpha value is -1.73. The van der Waals surface area contributed by atoms with E-state index in [1.54, 1.807) is 12.1 Å². The largest absolute Gasteiger partial charge is 0.274 e. The van der Waals surface area contributed by atoms with Gasteiger partial charge in [0.05, 0.1) is 5.69 Å². The quantitative estimate of drug-likeness (QED) is 0.814. The second kappa shape index (κ2) is 5.57. The number of nitrogens with zero attached hydrogens (tertiary/aromatic N) is 3. The van der Waals surface area contributed by atoms with Crippen LogP contribution in [-0.4, -0.2) is 27.3 Å². The summed E-state index contributed by atoms with van der Waals surface area (Å²) < 4.78 is 0.726. The van der Waals surface area contributed by atoms with Crippen LogP contribution in [0.15, 0.2) is 28.6 Å². The topological polar surface area (TPSA) is 63.2 Å². The van der Waals surface area contributed by atoms with Crippen molar-refractivity contribution in [2.75, 3.05) is 4.90 Å². The van der Waals surface area contributed by atoms with Crippen LogP contribution in [0.1, 0.15) is 17.0 Å². The van der Waals surface area contributed by atoms with E-state index in [1.165, 1.54) is 28.0 Å². The average Bonchev–Trinajstić information content (AvgIpc) is 2.96. The van der Waals surface area contributed by atoms with Gasteiger partial charge in [-0.25, -0.2) is 4.90 Å². The molecule has 1 atom stereocenters. The Morgan fingerprint density at radius 3 is 2.52 bits per heavy atom. The van der Waals surface area contributed by atoms with E-state index in [1.807, 2.05) is 26.0 Å². The molecule has 3 rings (SSSR count). The minimum absolute atomic E-state index is 0.164. The van der Waals surface area contributed by atoms with Gasteiger partial charge in [0.25, 0.3) is 0 Å². The molecule has 1 saturated heterocycles. The first kappa shape index (κ1) is 14.2. The van der Waals surface area contributed by atoms with Crippen LogP contribution in [0, 0.1) is 13.8 Å². The second-order valence-corrected chi connectivity index (χ2v) is 7.43. The van der Waals surface area contributed by atoms with Crippen molar-refractivity contribution in [2.45, 2.75) is 29.9 Å². The highest BCUT2D eigenvalue weighted by Gasteiger charge is 2.40. The maximum absolute atomic E-state index is 12.5. The number of imide groups is 1. The summed E-state index contributed by atoms with van der Waals surface area (Å²) in [5, 5.41) is 8.37. The number of rotatable bonds is 3. The Morgan fingerprint density at radius 1 is 1.19 bits per heavy atom. The van der Waals surface area contributed by atoms with Crippen molar-refractivity contribution in [1.29, 1.82) is 0 Å². The number of aromatic nitrogens is 2. The van der Waals surface area contributed by atoms with E-state index in [0.717, 1.165) is 14.9 Å². The summed E-state index contributed by atoms with van der Waals surface area (Å²) >= 11 is 2.75. The van der Waals surface area contributed by atoms with E-state index in [4.69, 9.17) is 0 Å². The SMILES string of the molecule is Cc1ccc(N2C(=O)C[C@H](Sc3nnc(C)s3)C2=O)cc1. The van der Waals surface area contributed by atoms with Crippen molar-refractivity contribution in [3.05, 3.63) is 34.8 Å². The Kier molecular flexibility index (Phi) is 3.77. The zero-order valence-corrected chi connectivity index (χ0v) is 13.2. The Bertz CT molecular complexity index is 696. The third-order valence-corrected chi connectivity index (χ3v) is 5.26. The van der Waals surface area contributed by atoms with E-state index < -0.39 is 5.25 Å². The molecule has 0 spiro atoms. The predicted molar refractivity (Wildman–Crippen MR) is 82.6 cm³/mol. The molecule has 0 aliphatic carbocycles. The molecule has 0 N–H and O–H groups in total. The molecule has 0 bridgehead atoms. The molecule has 1 aromatic heterocycles. The minimum atomic E-state index is -0.411. The summed E-state index contributed by atoms with van der Waals surface area (Å²) in [6.07, 6.45) is 0.204. The Morgan fingerprint density at radius 2 is 1.90 bits per heavy atom. The monoisotopic (exact) mass is 319 g/mol. The summed E-state index contributed by atoms with van der Waals surface area (Å²) in [6, 6.07) is 7.38. The van der Waals surface area contributed by atoms with Gasteiger partial charge in [0.15, 0.2) is 4.34 Å². The predicted octanol–water partition coefficient (Wildman–Crippen LogP) is 2.58. The number of amides is 2. The Labute approximate surface area is 130 Å². The van der Waals surface area contributed by atoms with Gasteiger partial charge in [-0.15, -0.1) is 10.2 Å². The molecule has 1 aliphatic rings. The van der Waals surface area contributed by atoms with Gasteiger partial charge >= 0.3 is 0 Å². The van der Waals surface area contributed by atoms with Crippen LogP contribution in [0.25, 0.3) is 0 Å². The van der Waals surface area contributed by atoms with Gasteiger partial charge in [-0.05, 0) is 26.0 Å². The van der Waals surface area contributed by atoms with E-state index in [-0.39, 0.29) is 18.2 Å². The lowest BCUT2D eigenvalue weighted by molar-refractivity contribution is -0.121. The maximum Gasteiger partial charge on any atom is 0.247 e. The van der Waals surface area contributed by atoms with Gasteiger partial charge in [0.1, 0.15) is 10.3 Å². The number of hydrogen-bond acceptors (Lipinski definition) is 6. The lowest BCUT2D eigenvalue weighted by Gasteiger charge is -2.14. The first-order valence-corrected chi connectivity index (χ1v) is 8.14. The summed E-state index contributed by atoms with van der Waals surface area (Å²) in [7, 11) is 0. The van der Waals surface area contributed by atoms with Gasteiger partial charge < -0.3 is 0 Å². The molecule has 0 radical (unpaired) electrons. The van der Waals surface area contributed by atoms with Crippen LogP contribution < -0.4 is 4.90 Å². The first-order chi connectivity index (χ1) is 10.0. The fourth-order valence-corrected chi connectivity index (χ4v) is 4.19. The molecule has 2 aromatic rings. The molecule has 1 aromatic carbocycles. The van der Waals surface area contributed by atoms with Crippen molar-refractivity contribution in [3.63, 3.8) is 0 Å². The minimum Gasteiger partial charge on any atom is -0.274 e. The average molecular weight is 319 g/mol.